The molecule has 1 rings (SSSR count). The number of aromatic amines is 1. The molecule has 1 atom stereocenters. The summed E-state index contributed by atoms with van der Waals surface area (Å²) in [7, 11) is 0. The van der Waals surface area contributed by atoms with Crippen LogP contribution in [-0.2, 0) is 0 Å². The Morgan fingerprint density at radius 3 is 2.55 bits per heavy atom. The Morgan fingerprint density at radius 1 is 1.55 bits per heavy atom. The first-order valence-corrected chi connectivity index (χ1v) is 3.71. The van der Waals surface area contributed by atoms with Gasteiger partial charge in [0, 0.05) is 6.20 Å². The first-order chi connectivity index (χ1) is 5.13. The van der Waals surface area contributed by atoms with E-state index >= 15 is 0 Å². The first-order valence-electron chi connectivity index (χ1n) is 3.71. The zero-order chi connectivity index (χ0) is 8.43. The van der Waals surface area contributed by atoms with Crippen LogP contribution >= 0.6 is 0 Å². The van der Waals surface area contributed by atoms with Gasteiger partial charge in [-0.2, -0.15) is 0 Å². The summed E-state index contributed by atoms with van der Waals surface area (Å²) in [6, 6.07) is 1.15. The lowest BCUT2D eigenvalue weighted by molar-refractivity contribution is 0.477. The quantitative estimate of drug-likeness (QED) is 0.673. The molecular formula is C8H13FN2. The summed E-state index contributed by atoms with van der Waals surface area (Å²) in [5.41, 5.74) is 6.21. The molecule has 0 saturated carbocycles. The van der Waals surface area contributed by atoms with Crippen LogP contribution in [0.2, 0.25) is 0 Å². The van der Waals surface area contributed by atoms with Crippen molar-refractivity contribution in [3.05, 3.63) is 23.8 Å². The summed E-state index contributed by atoms with van der Waals surface area (Å²) in [6.45, 7) is 3.93. The standard InChI is InChI=1S/C8H13FN2/c1-5(2)7(10)8-6(9)3-4-11-8/h3-5,7,11H,10H2,1-2H3/t7-/m0/s1. The van der Waals surface area contributed by atoms with Crippen molar-refractivity contribution in [2.45, 2.75) is 19.9 Å². The summed E-state index contributed by atoms with van der Waals surface area (Å²) >= 11 is 0. The Labute approximate surface area is 65.6 Å². The maximum Gasteiger partial charge on any atom is 0.145 e. The Kier molecular flexibility index (Phi) is 2.29. The summed E-state index contributed by atoms with van der Waals surface area (Å²) in [5, 5.41) is 0. The molecule has 0 aliphatic carbocycles. The van der Waals surface area contributed by atoms with Crippen LogP contribution in [0.15, 0.2) is 12.3 Å². The SMILES string of the molecule is CC(C)[C@H](N)c1[nH]ccc1F. The van der Waals surface area contributed by atoms with Crippen LogP contribution < -0.4 is 5.73 Å². The van der Waals surface area contributed by atoms with Gasteiger partial charge in [-0.1, -0.05) is 13.8 Å². The average molecular weight is 156 g/mol. The molecule has 0 fully saturated rings. The minimum Gasteiger partial charge on any atom is -0.361 e. The van der Waals surface area contributed by atoms with Gasteiger partial charge in [0.15, 0.2) is 0 Å². The van der Waals surface area contributed by atoms with Gasteiger partial charge in [-0.15, -0.1) is 0 Å². The van der Waals surface area contributed by atoms with Crippen LogP contribution in [0.1, 0.15) is 25.6 Å². The normalized spacial score (nSPS) is 13.9. The Balaban J connectivity index is 2.84. The second-order valence-electron chi connectivity index (χ2n) is 3.01. The lowest BCUT2D eigenvalue weighted by Gasteiger charge is -2.13. The summed E-state index contributed by atoms with van der Waals surface area (Å²) in [6.07, 6.45) is 1.56. The van der Waals surface area contributed by atoms with Crippen LogP contribution in [0, 0.1) is 11.7 Å². The molecule has 3 heteroatoms. The fraction of sp³-hybridized carbons (Fsp3) is 0.500. The molecule has 0 radical (unpaired) electrons. The third kappa shape index (κ3) is 1.60. The number of hydrogen-bond acceptors (Lipinski definition) is 1. The van der Waals surface area contributed by atoms with Crippen molar-refractivity contribution < 1.29 is 4.39 Å². The second kappa shape index (κ2) is 3.05. The molecule has 1 heterocycles. The molecular weight excluding hydrogens is 143 g/mol. The van der Waals surface area contributed by atoms with Gasteiger partial charge in [0.05, 0.1) is 11.7 Å². The van der Waals surface area contributed by atoms with Gasteiger partial charge in [-0.3, -0.25) is 0 Å². The molecule has 0 aliphatic rings. The van der Waals surface area contributed by atoms with Crippen LogP contribution in [0.3, 0.4) is 0 Å². The van der Waals surface area contributed by atoms with E-state index in [1.165, 1.54) is 6.07 Å². The largest absolute Gasteiger partial charge is 0.361 e. The Hall–Kier alpha value is -0.830. The highest BCUT2D eigenvalue weighted by Crippen LogP contribution is 2.19. The average Bonchev–Trinajstić information content (AvgIpc) is 2.33. The molecule has 0 aromatic carbocycles. The molecule has 0 bridgehead atoms. The van der Waals surface area contributed by atoms with Crippen molar-refractivity contribution >= 4 is 0 Å². The molecule has 1 aromatic heterocycles. The predicted octanol–water partition coefficient (Wildman–Crippen LogP) is 1.81. The smallest absolute Gasteiger partial charge is 0.145 e. The second-order valence-corrected chi connectivity index (χ2v) is 3.01. The highest BCUT2D eigenvalue weighted by molar-refractivity contribution is 5.12. The van der Waals surface area contributed by atoms with Crippen LogP contribution in [0.5, 0.6) is 0 Å². The van der Waals surface area contributed by atoms with E-state index in [1.54, 1.807) is 6.20 Å². The molecule has 2 nitrogen and oxygen atoms in total. The third-order valence-corrected chi connectivity index (χ3v) is 1.78. The molecule has 3 N–H and O–H groups in total. The minimum absolute atomic E-state index is 0.231. The van der Waals surface area contributed by atoms with Crippen molar-refractivity contribution in [2.24, 2.45) is 11.7 Å². The van der Waals surface area contributed by atoms with Gasteiger partial charge in [0.2, 0.25) is 0 Å². The van der Waals surface area contributed by atoms with Gasteiger partial charge < -0.3 is 10.7 Å². The Bertz CT molecular complexity index is 230. The van der Waals surface area contributed by atoms with E-state index in [4.69, 9.17) is 5.73 Å². The molecule has 0 spiro atoms. The topological polar surface area (TPSA) is 41.8 Å². The number of H-pyrrole nitrogens is 1. The predicted molar refractivity (Wildman–Crippen MR) is 42.5 cm³/mol. The third-order valence-electron chi connectivity index (χ3n) is 1.78. The summed E-state index contributed by atoms with van der Waals surface area (Å²) < 4.78 is 12.8. The molecule has 0 saturated heterocycles. The molecule has 1 aromatic rings. The summed E-state index contributed by atoms with van der Waals surface area (Å²) in [5.74, 6) is 0.00866. The Morgan fingerprint density at radius 2 is 2.18 bits per heavy atom. The minimum atomic E-state index is -0.244. The van der Waals surface area contributed by atoms with E-state index in [0.717, 1.165) is 0 Å². The van der Waals surface area contributed by atoms with Gasteiger partial charge >= 0.3 is 0 Å². The maximum absolute atomic E-state index is 12.8. The highest BCUT2D eigenvalue weighted by Gasteiger charge is 2.15. The lowest BCUT2D eigenvalue weighted by Crippen LogP contribution is -2.18. The zero-order valence-electron chi connectivity index (χ0n) is 6.76. The number of halogens is 1. The molecule has 62 valence electrons. The number of aromatic nitrogens is 1. The number of hydrogen-bond donors (Lipinski definition) is 2. The number of rotatable bonds is 2. The van der Waals surface area contributed by atoms with Crippen LogP contribution in [-0.4, -0.2) is 4.98 Å². The lowest BCUT2D eigenvalue weighted by atomic mass is 10.0. The maximum atomic E-state index is 12.8. The van der Waals surface area contributed by atoms with Crippen molar-refractivity contribution in [1.82, 2.24) is 4.98 Å². The molecule has 0 unspecified atom stereocenters. The van der Waals surface area contributed by atoms with Crippen LogP contribution in [0.4, 0.5) is 4.39 Å². The molecule has 0 aliphatic heterocycles. The zero-order valence-corrected chi connectivity index (χ0v) is 6.76. The van der Waals surface area contributed by atoms with Gasteiger partial charge in [-0.05, 0) is 12.0 Å². The fourth-order valence-electron chi connectivity index (χ4n) is 0.952. The van der Waals surface area contributed by atoms with E-state index < -0.39 is 0 Å². The highest BCUT2D eigenvalue weighted by atomic mass is 19.1. The molecule has 0 amide bonds. The van der Waals surface area contributed by atoms with Gasteiger partial charge in [-0.25, -0.2) is 4.39 Å². The van der Waals surface area contributed by atoms with E-state index in [9.17, 15) is 4.39 Å². The van der Waals surface area contributed by atoms with E-state index in [2.05, 4.69) is 4.98 Å². The van der Waals surface area contributed by atoms with Crippen molar-refractivity contribution in [1.29, 1.82) is 0 Å². The van der Waals surface area contributed by atoms with Crippen molar-refractivity contribution in [3.63, 3.8) is 0 Å². The van der Waals surface area contributed by atoms with Crippen molar-refractivity contribution in [2.75, 3.05) is 0 Å². The number of nitrogens with one attached hydrogen (secondary N) is 1. The van der Waals surface area contributed by atoms with E-state index in [1.807, 2.05) is 13.8 Å². The van der Waals surface area contributed by atoms with E-state index in [0.29, 0.717) is 5.69 Å². The van der Waals surface area contributed by atoms with Crippen LogP contribution in [0.25, 0.3) is 0 Å². The molecule has 11 heavy (non-hydrogen) atoms. The number of nitrogens with two attached hydrogens (primary N) is 1. The van der Waals surface area contributed by atoms with Crippen molar-refractivity contribution in [3.8, 4) is 0 Å². The van der Waals surface area contributed by atoms with Gasteiger partial charge in [0.1, 0.15) is 5.82 Å². The first kappa shape index (κ1) is 8.27. The fourth-order valence-corrected chi connectivity index (χ4v) is 0.952. The van der Waals surface area contributed by atoms with E-state index in [-0.39, 0.29) is 17.8 Å². The monoisotopic (exact) mass is 156 g/mol. The van der Waals surface area contributed by atoms with Gasteiger partial charge in [0.25, 0.3) is 0 Å². The summed E-state index contributed by atoms with van der Waals surface area (Å²) in [4.78, 5) is 2.79.